The van der Waals surface area contributed by atoms with Crippen molar-refractivity contribution in [3.8, 4) is 0 Å². The van der Waals surface area contributed by atoms with E-state index < -0.39 is 0 Å². The zero-order valence-electron chi connectivity index (χ0n) is 9.65. The Morgan fingerprint density at radius 3 is 3.06 bits per heavy atom. The van der Waals surface area contributed by atoms with E-state index in [0.29, 0.717) is 12.6 Å². The van der Waals surface area contributed by atoms with Gasteiger partial charge in [0.2, 0.25) is 0 Å². The van der Waals surface area contributed by atoms with Gasteiger partial charge in [0.1, 0.15) is 5.82 Å². The number of hydrogen-bond acceptors (Lipinski definition) is 4. The molecule has 5 nitrogen and oxygen atoms in total. The topological polar surface area (TPSA) is 56.3 Å². The molecule has 0 aromatic carbocycles. The molecule has 2 aliphatic heterocycles. The lowest BCUT2D eigenvalue weighted by atomic mass is 10.1. The van der Waals surface area contributed by atoms with Gasteiger partial charge in [-0.1, -0.05) is 0 Å². The molecule has 3 heterocycles. The second kappa shape index (κ2) is 3.75. The molecule has 2 N–H and O–H groups in total. The fourth-order valence-electron chi connectivity index (χ4n) is 2.65. The Morgan fingerprint density at radius 1 is 1.50 bits per heavy atom. The van der Waals surface area contributed by atoms with E-state index in [1.54, 1.807) is 0 Å². The number of anilines is 1. The van der Waals surface area contributed by atoms with Crippen LogP contribution < -0.4 is 5.73 Å². The second-order valence-corrected chi connectivity index (χ2v) is 4.76. The summed E-state index contributed by atoms with van der Waals surface area (Å²) < 4.78 is 7.42. The molecule has 2 aliphatic rings. The zero-order valence-corrected chi connectivity index (χ0v) is 9.65. The van der Waals surface area contributed by atoms with E-state index in [4.69, 9.17) is 10.5 Å². The fourth-order valence-corrected chi connectivity index (χ4v) is 2.65. The molecule has 3 rings (SSSR count). The lowest BCUT2D eigenvalue weighted by Gasteiger charge is -2.13. The molecule has 1 aromatic rings. The largest absolute Gasteiger partial charge is 0.384 e. The molecule has 0 aliphatic carbocycles. The van der Waals surface area contributed by atoms with E-state index in [1.807, 2.05) is 4.68 Å². The van der Waals surface area contributed by atoms with Crippen LogP contribution in [0, 0.1) is 0 Å². The van der Waals surface area contributed by atoms with Gasteiger partial charge in [-0.05, 0) is 13.5 Å². The molecule has 0 saturated carbocycles. The third kappa shape index (κ3) is 1.51. The first-order valence-corrected chi connectivity index (χ1v) is 5.87. The fraction of sp³-hybridized carbons (Fsp3) is 0.727. The Bertz CT molecular complexity index is 401. The molecule has 0 amide bonds. The van der Waals surface area contributed by atoms with Gasteiger partial charge in [-0.2, -0.15) is 5.10 Å². The molecular weight excluding hydrogens is 204 g/mol. The van der Waals surface area contributed by atoms with Crippen molar-refractivity contribution in [2.75, 3.05) is 32.5 Å². The molecular formula is C11H18N4O. The monoisotopic (exact) mass is 222 g/mol. The van der Waals surface area contributed by atoms with Gasteiger partial charge in [0.25, 0.3) is 0 Å². The summed E-state index contributed by atoms with van der Waals surface area (Å²) in [6, 6.07) is 0.440. The van der Waals surface area contributed by atoms with Crippen LogP contribution in [0.1, 0.15) is 23.7 Å². The summed E-state index contributed by atoms with van der Waals surface area (Å²) in [4.78, 5) is 2.32. The van der Waals surface area contributed by atoms with Gasteiger partial charge < -0.3 is 15.4 Å². The van der Waals surface area contributed by atoms with Crippen LogP contribution in [-0.4, -0.2) is 41.4 Å². The minimum Gasteiger partial charge on any atom is -0.384 e. The molecule has 0 bridgehead atoms. The second-order valence-electron chi connectivity index (χ2n) is 4.76. The van der Waals surface area contributed by atoms with Crippen LogP contribution >= 0.6 is 0 Å². The molecule has 0 spiro atoms. The highest BCUT2D eigenvalue weighted by atomic mass is 16.5. The van der Waals surface area contributed by atoms with Gasteiger partial charge in [0.15, 0.2) is 0 Å². The van der Waals surface area contributed by atoms with E-state index >= 15 is 0 Å². The van der Waals surface area contributed by atoms with Crippen molar-refractivity contribution in [2.45, 2.75) is 25.5 Å². The number of aromatic nitrogens is 2. The van der Waals surface area contributed by atoms with Crippen LogP contribution in [0.25, 0.3) is 0 Å². The van der Waals surface area contributed by atoms with Crippen LogP contribution in [0.3, 0.4) is 0 Å². The van der Waals surface area contributed by atoms with Gasteiger partial charge in [-0.15, -0.1) is 0 Å². The number of nitrogens with zero attached hydrogens (tertiary/aromatic N) is 3. The third-order valence-corrected chi connectivity index (χ3v) is 3.58. The summed E-state index contributed by atoms with van der Waals surface area (Å²) in [5.41, 5.74) is 8.42. The number of nitrogen functional groups attached to an aromatic ring is 1. The number of fused-ring (bicyclic) bond motifs is 1. The first-order valence-electron chi connectivity index (χ1n) is 5.87. The minimum atomic E-state index is 0.440. The number of likely N-dealkylation sites (N-methyl/N-ethyl adjacent to an activating group) is 1. The zero-order chi connectivity index (χ0) is 11.1. The van der Waals surface area contributed by atoms with Gasteiger partial charge >= 0.3 is 0 Å². The maximum absolute atomic E-state index is 6.18. The summed E-state index contributed by atoms with van der Waals surface area (Å²) >= 11 is 0. The van der Waals surface area contributed by atoms with Crippen LogP contribution in [0.5, 0.6) is 0 Å². The maximum Gasteiger partial charge on any atom is 0.125 e. The average Bonchev–Trinajstić information content (AvgIpc) is 2.84. The number of nitrogens with two attached hydrogens (primary N) is 1. The predicted octanol–water partition coefficient (Wildman–Crippen LogP) is 0.415. The van der Waals surface area contributed by atoms with Crippen molar-refractivity contribution in [3.05, 3.63) is 11.3 Å². The molecule has 1 aromatic heterocycles. The number of rotatable bonds is 1. The van der Waals surface area contributed by atoms with Crippen molar-refractivity contribution in [2.24, 2.45) is 0 Å². The Labute approximate surface area is 95.2 Å². The highest BCUT2D eigenvalue weighted by molar-refractivity contribution is 5.44. The Balaban J connectivity index is 1.92. The summed E-state index contributed by atoms with van der Waals surface area (Å²) in [6.07, 6.45) is 2.05. The molecule has 1 unspecified atom stereocenters. The third-order valence-electron chi connectivity index (χ3n) is 3.58. The summed E-state index contributed by atoms with van der Waals surface area (Å²) in [6.45, 7) is 3.57. The molecule has 5 heteroatoms. The van der Waals surface area contributed by atoms with Gasteiger partial charge in [0, 0.05) is 25.1 Å². The molecule has 1 fully saturated rings. The Hall–Kier alpha value is -1.07. The van der Waals surface area contributed by atoms with E-state index in [2.05, 4.69) is 17.0 Å². The van der Waals surface area contributed by atoms with E-state index in [9.17, 15) is 0 Å². The number of hydrogen-bond donors (Lipinski definition) is 1. The lowest BCUT2D eigenvalue weighted by molar-refractivity contribution is 0.108. The van der Waals surface area contributed by atoms with Crippen molar-refractivity contribution < 1.29 is 4.74 Å². The van der Waals surface area contributed by atoms with E-state index in [0.717, 1.165) is 44.0 Å². The van der Waals surface area contributed by atoms with Crippen LogP contribution in [0.4, 0.5) is 5.82 Å². The highest BCUT2D eigenvalue weighted by Crippen LogP contribution is 2.28. The molecule has 1 atom stereocenters. The smallest absolute Gasteiger partial charge is 0.125 e. The lowest BCUT2D eigenvalue weighted by Crippen LogP contribution is -2.18. The first kappa shape index (κ1) is 10.1. The van der Waals surface area contributed by atoms with Crippen molar-refractivity contribution in [3.63, 3.8) is 0 Å². The SMILES string of the molecule is CN1CCC(n2nc3c(c2N)CCOC3)C1. The van der Waals surface area contributed by atoms with Gasteiger partial charge in [-0.25, -0.2) is 4.68 Å². The van der Waals surface area contributed by atoms with Crippen LogP contribution in [0.2, 0.25) is 0 Å². The molecule has 0 radical (unpaired) electrons. The summed E-state index contributed by atoms with van der Waals surface area (Å²) in [5.74, 6) is 0.860. The highest BCUT2D eigenvalue weighted by Gasteiger charge is 2.27. The summed E-state index contributed by atoms with van der Waals surface area (Å²) in [5, 5.41) is 4.61. The number of likely N-dealkylation sites (tertiary alicyclic amines) is 1. The van der Waals surface area contributed by atoms with Crippen molar-refractivity contribution >= 4 is 5.82 Å². The molecule has 1 saturated heterocycles. The van der Waals surface area contributed by atoms with Gasteiger partial charge in [-0.3, -0.25) is 0 Å². The first-order chi connectivity index (χ1) is 7.75. The predicted molar refractivity (Wildman–Crippen MR) is 61.2 cm³/mol. The van der Waals surface area contributed by atoms with E-state index in [1.165, 1.54) is 5.56 Å². The van der Waals surface area contributed by atoms with Crippen molar-refractivity contribution in [1.29, 1.82) is 0 Å². The Kier molecular flexibility index (Phi) is 2.37. The maximum atomic E-state index is 6.18. The Morgan fingerprint density at radius 2 is 2.38 bits per heavy atom. The molecule has 88 valence electrons. The van der Waals surface area contributed by atoms with E-state index in [-0.39, 0.29) is 0 Å². The van der Waals surface area contributed by atoms with Gasteiger partial charge in [0.05, 0.1) is 24.9 Å². The quantitative estimate of drug-likeness (QED) is 0.748. The standard InChI is InChI=1S/C11H18N4O/c1-14-4-2-8(6-14)15-11(12)9-3-5-16-7-10(9)13-15/h8H,2-7,12H2,1H3. The van der Waals surface area contributed by atoms with Crippen LogP contribution in [0.15, 0.2) is 0 Å². The normalized spacial score (nSPS) is 25.9. The summed E-state index contributed by atoms with van der Waals surface area (Å²) in [7, 11) is 2.14. The number of ether oxygens (including phenoxy) is 1. The average molecular weight is 222 g/mol. The minimum absolute atomic E-state index is 0.440. The van der Waals surface area contributed by atoms with Crippen LogP contribution in [-0.2, 0) is 17.8 Å². The van der Waals surface area contributed by atoms with Crippen molar-refractivity contribution in [1.82, 2.24) is 14.7 Å². The molecule has 16 heavy (non-hydrogen) atoms.